The van der Waals surface area contributed by atoms with E-state index in [0.717, 1.165) is 13.1 Å². The van der Waals surface area contributed by atoms with Crippen molar-refractivity contribution >= 4 is 9.73 Å². The van der Waals surface area contributed by atoms with Gasteiger partial charge in [-0.1, -0.05) is 0 Å². The molecule has 1 heterocycles. The van der Waals surface area contributed by atoms with E-state index in [2.05, 4.69) is 5.32 Å². The maximum atomic E-state index is 11.2. The smallest absolute Gasteiger partial charge is 0.0525 e. The summed E-state index contributed by atoms with van der Waals surface area (Å²) in [5.74, 6) is 0.522. The largest absolute Gasteiger partial charge is 0.315 e. The molecule has 0 aliphatic carbocycles. The molecule has 0 bridgehead atoms. The molecule has 1 fully saturated rings. The Morgan fingerprint density at radius 2 is 2.44 bits per heavy atom. The van der Waals surface area contributed by atoms with Crippen LogP contribution < -0.4 is 5.32 Å². The molecule has 1 saturated heterocycles. The van der Waals surface area contributed by atoms with Crippen molar-refractivity contribution < 1.29 is 4.21 Å². The van der Waals surface area contributed by atoms with E-state index in [1.807, 2.05) is 6.92 Å². The number of nitrogens with one attached hydrogen (secondary N) is 2. The standard InChI is InChI=1S/C5H12N2OS/c1-5-4-7-2-3-9(5,6)8/h5-7H,2-4H2,1H3. The van der Waals surface area contributed by atoms with Gasteiger partial charge in [0.05, 0.1) is 5.25 Å². The molecule has 1 aliphatic rings. The first-order valence-corrected chi connectivity index (χ1v) is 4.88. The average molecular weight is 148 g/mol. The van der Waals surface area contributed by atoms with Gasteiger partial charge in [-0.2, -0.15) is 0 Å². The van der Waals surface area contributed by atoms with Gasteiger partial charge >= 0.3 is 0 Å². The van der Waals surface area contributed by atoms with Gasteiger partial charge < -0.3 is 5.32 Å². The van der Waals surface area contributed by atoms with Crippen LogP contribution in [0.5, 0.6) is 0 Å². The highest BCUT2D eigenvalue weighted by Gasteiger charge is 2.19. The minimum Gasteiger partial charge on any atom is -0.315 e. The second-order valence-electron chi connectivity index (χ2n) is 2.45. The Balaban J connectivity index is 2.72. The van der Waals surface area contributed by atoms with E-state index < -0.39 is 9.73 Å². The van der Waals surface area contributed by atoms with Gasteiger partial charge in [0.15, 0.2) is 0 Å². The fourth-order valence-electron chi connectivity index (χ4n) is 0.865. The Hall–Kier alpha value is -0.0900. The van der Waals surface area contributed by atoms with E-state index in [-0.39, 0.29) is 5.25 Å². The molecule has 1 aliphatic heterocycles. The summed E-state index contributed by atoms with van der Waals surface area (Å²) in [6, 6.07) is 0. The number of rotatable bonds is 0. The van der Waals surface area contributed by atoms with Crippen LogP contribution in [0.1, 0.15) is 6.92 Å². The van der Waals surface area contributed by atoms with Crippen molar-refractivity contribution in [2.24, 2.45) is 0 Å². The summed E-state index contributed by atoms with van der Waals surface area (Å²) in [6.45, 7) is 3.34. The van der Waals surface area contributed by atoms with E-state index in [1.54, 1.807) is 0 Å². The van der Waals surface area contributed by atoms with Crippen LogP contribution in [0.3, 0.4) is 0 Å². The van der Waals surface area contributed by atoms with E-state index in [1.165, 1.54) is 0 Å². The molecule has 4 heteroatoms. The van der Waals surface area contributed by atoms with Crippen molar-refractivity contribution in [1.82, 2.24) is 5.32 Å². The van der Waals surface area contributed by atoms with Crippen LogP contribution in [0.4, 0.5) is 0 Å². The quantitative estimate of drug-likeness (QED) is 0.509. The van der Waals surface area contributed by atoms with E-state index in [0.29, 0.717) is 5.75 Å². The highest BCUT2D eigenvalue weighted by molar-refractivity contribution is 7.93. The summed E-state index contributed by atoms with van der Waals surface area (Å²) in [7, 11) is -2.22. The van der Waals surface area contributed by atoms with Crippen LogP contribution in [0.15, 0.2) is 0 Å². The molecule has 0 amide bonds. The number of hydrogen-bond donors (Lipinski definition) is 2. The first-order valence-electron chi connectivity index (χ1n) is 3.09. The molecule has 3 nitrogen and oxygen atoms in total. The van der Waals surface area contributed by atoms with Crippen LogP contribution in [-0.4, -0.2) is 28.3 Å². The molecule has 2 unspecified atom stereocenters. The van der Waals surface area contributed by atoms with Gasteiger partial charge in [-0.15, -0.1) is 0 Å². The van der Waals surface area contributed by atoms with Crippen molar-refractivity contribution in [2.45, 2.75) is 12.2 Å². The van der Waals surface area contributed by atoms with Gasteiger partial charge in [-0.25, -0.2) is 4.21 Å². The summed E-state index contributed by atoms with van der Waals surface area (Å²) in [5.41, 5.74) is 0. The highest BCUT2D eigenvalue weighted by Crippen LogP contribution is 2.04. The predicted octanol–water partition coefficient (Wildman–Crippen LogP) is 0.0249. The molecule has 0 spiro atoms. The third kappa shape index (κ3) is 1.43. The summed E-state index contributed by atoms with van der Waals surface area (Å²) in [4.78, 5) is 0. The molecular formula is C5H12N2OS. The summed E-state index contributed by atoms with van der Waals surface area (Å²) >= 11 is 0. The van der Waals surface area contributed by atoms with Crippen LogP contribution in [0.25, 0.3) is 0 Å². The highest BCUT2D eigenvalue weighted by atomic mass is 32.2. The van der Waals surface area contributed by atoms with Crippen LogP contribution in [0.2, 0.25) is 0 Å². The first-order chi connectivity index (χ1) is 4.13. The van der Waals surface area contributed by atoms with Gasteiger partial charge in [-0.3, -0.25) is 4.78 Å². The lowest BCUT2D eigenvalue weighted by Gasteiger charge is -2.21. The second-order valence-corrected chi connectivity index (χ2v) is 5.11. The van der Waals surface area contributed by atoms with Crippen LogP contribution in [-0.2, 0) is 9.73 Å². The zero-order valence-corrected chi connectivity index (χ0v) is 6.33. The zero-order chi connectivity index (χ0) is 6.91. The average Bonchev–Trinajstić information content (AvgIpc) is 1.77. The molecule has 1 rings (SSSR count). The molecule has 0 aromatic carbocycles. The van der Waals surface area contributed by atoms with Gasteiger partial charge in [0.25, 0.3) is 0 Å². The normalized spacial score (nSPS) is 44.8. The third-order valence-electron chi connectivity index (χ3n) is 1.66. The molecule has 0 saturated carbocycles. The molecule has 0 aromatic rings. The molecule has 2 N–H and O–H groups in total. The molecular weight excluding hydrogens is 136 g/mol. The Labute approximate surface area is 55.8 Å². The molecule has 9 heavy (non-hydrogen) atoms. The van der Waals surface area contributed by atoms with Gasteiger partial charge in [-0.05, 0) is 6.92 Å². The monoisotopic (exact) mass is 148 g/mol. The Morgan fingerprint density at radius 1 is 1.78 bits per heavy atom. The predicted molar refractivity (Wildman–Crippen MR) is 38.1 cm³/mol. The fourth-order valence-corrected chi connectivity index (χ4v) is 2.10. The SMILES string of the molecule is CC1CNCCS1(=N)=O. The summed E-state index contributed by atoms with van der Waals surface area (Å²) in [5, 5.41) is 3.12. The molecule has 0 aromatic heterocycles. The van der Waals surface area contributed by atoms with E-state index >= 15 is 0 Å². The second kappa shape index (κ2) is 2.27. The summed E-state index contributed by atoms with van der Waals surface area (Å²) in [6.07, 6.45) is 0. The van der Waals surface area contributed by atoms with Crippen LogP contribution in [0, 0.1) is 4.78 Å². The van der Waals surface area contributed by atoms with Crippen molar-refractivity contribution in [2.75, 3.05) is 18.8 Å². The Bertz CT molecular complexity index is 185. The minimum absolute atomic E-state index is 0.0336. The maximum absolute atomic E-state index is 11.2. The van der Waals surface area contributed by atoms with Crippen molar-refractivity contribution in [3.63, 3.8) is 0 Å². The van der Waals surface area contributed by atoms with E-state index in [4.69, 9.17) is 4.78 Å². The summed E-state index contributed by atoms with van der Waals surface area (Å²) < 4.78 is 18.5. The Kier molecular flexibility index (Phi) is 1.77. The molecule has 0 radical (unpaired) electrons. The third-order valence-corrected chi connectivity index (χ3v) is 3.94. The van der Waals surface area contributed by atoms with E-state index in [9.17, 15) is 4.21 Å². The van der Waals surface area contributed by atoms with Gasteiger partial charge in [0, 0.05) is 28.6 Å². The zero-order valence-electron chi connectivity index (χ0n) is 5.52. The lowest BCUT2D eigenvalue weighted by Crippen LogP contribution is -2.41. The first kappa shape index (κ1) is 7.02. The topological polar surface area (TPSA) is 53.0 Å². The minimum atomic E-state index is -2.22. The van der Waals surface area contributed by atoms with Crippen molar-refractivity contribution in [3.8, 4) is 0 Å². The Morgan fingerprint density at radius 3 is 2.78 bits per heavy atom. The van der Waals surface area contributed by atoms with Crippen molar-refractivity contribution in [3.05, 3.63) is 0 Å². The lowest BCUT2D eigenvalue weighted by atomic mass is 10.4. The van der Waals surface area contributed by atoms with Gasteiger partial charge in [0.1, 0.15) is 0 Å². The molecule has 2 atom stereocenters. The maximum Gasteiger partial charge on any atom is 0.0525 e. The van der Waals surface area contributed by atoms with Gasteiger partial charge in [0.2, 0.25) is 0 Å². The van der Waals surface area contributed by atoms with Crippen LogP contribution >= 0.6 is 0 Å². The number of hydrogen-bond acceptors (Lipinski definition) is 3. The molecule has 54 valence electrons. The van der Waals surface area contributed by atoms with Crippen molar-refractivity contribution in [1.29, 1.82) is 4.78 Å². The lowest BCUT2D eigenvalue weighted by molar-refractivity contribution is 0.618. The fraction of sp³-hybridized carbons (Fsp3) is 1.00.